The Balaban J connectivity index is 1.87. The Morgan fingerprint density at radius 3 is 2.59 bits per heavy atom. The van der Waals surface area contributed by atoms with Gasteiger partial charge in [-0.2, -0.15) is 5.26 Å². The summed E-state index contributed by atoms with van der Waals surface area (Å²) in [4.78, 5) is 12.3. The summed E-state index contributed by atoms with van der Waals surface area (Å²) < 4.78 is 3.09. The van der Waals surface area contributed by atoms with Crippen LogP contribution < -0.4 is 4.90 Å². The summed E-state index contributed by atoms with van der Waals surface area (Å²) in [5.41, 5.74) is 5.89. The maximum atomic E-state index is 9.68. The normalized spacial score (nSPS) is 11.0. The van der Waals surface area contributed by atoms with Crippen LogP contribution in [0.3, 0.4) is 0 Å². The van der Waals surface area contributed by atoms with Crippen LogP contribution in [0.1, 0.15) is 28.6 Å². The van der Waals surface area contributed by atoms with E-state index >= 15 is 0 Å². The van der Waals surface area contributed by atoms with Crippen LogP contribution in [0.4, 0.5) is 10.9 Å². The van der Waals surface area contributed by atoms with Crippen molar-refractivity contribution in [1.82, 2.24) is 14.4 Å². The lowest BCUT2D eigenvalue weighted by Gasteiger charge is -2.17. The van der Waals surface area contributed by atoms with Gasteiger partial charge in [0.25, 0.3) is 0 Å². The summed E-state index contributed by atoms with van der Waals surface area (Å²) in [6, 6.07) is 12.5. The summed E-state index contributed by atoms with van der Waals surface area (Å²) >= 11 is 5.00. The minimum Gasteiger partial charge on any atom is -0.305 e. The topological polar surface area (TPSA) is 57.2 Å². The van der Waals surface area contributed by atoms with E-state index in [2.05, 4.69) is 46.3 Å². The number of nitrogens with zero attached hydrogens (tertiary/aromatic N) is 5. The minimum atomic E-state index is 0.611. The Morgan fingerprint density at radius 1 is 1.21 bits per heavy atom. The molecule has 1 aromatic carbocycles. The first-order valence-corrected chi connectivity index (χ1v) is 10.9. The van der Waals surface area contributed by atoms with E-state index in [0.29, 0.717) is 4.88 Å². The molecule has 0 N–H and O–H groups in total. The van der Waals surface area contributed by atoms with Gasteiger partial charge in [-0.05, 0) is 47.8 Å². The molecular formula is C22H20BrN5S. The van der Waals surface area contributed by atoms with Crippen LogP contribution in [0.2, 0.25) is 0 Å². The van der Waals surface area contributed by atoms with Crippen LogP contribution in [-0.4, -0.2) is 21.4 Å². The van der Waals surface area contributed by atoms with Gasteiger partial charge in [0.05, 0.1) is 5.69 Å². The molecule has 0 aliphatic rings. The zero-order valence-corrected chi connectivity index (χ0v) is 19.1. The fourth-order valence-electron chi connectivity index (χ4n) is 3.42. The zero-order valence-electron chi connectivity index (χ0n) is 16.7. The van der Waals surface area contributed by atoms with Crippen LogP contribution in [0.25, 0.3) is 16.9 Å². The van der Waals surface area contributed by atoms with Gasteiger partial charge in [-0.1, -0.05) is 48.1 Å². The number of aryl methyl sites for hydroxylation is 3. The molecule has 0 atom stereocenters. The molecule has 0 saturated carbocycles. The van der Waals surface area contributed by atoms with E-state index in [1.165, 1.54) is 16.9 Å². The number of pyridine rings is 1. The molecule has 0 unspecified atom stereocenters. The summed E-state index contributed by atoms with van der Waals surface area (Å²) in [5.74, 6) is 0.973. The molecule has 3 aromatic heterocycles. The number of aromatic nitrogens is 3. The monoisotopic (exact) mass is 465 g/mol. The highest BCUT2D eigenvalue weighted by atomic mass is 79.9. The summed E-state index contributed by atoms with van der Waals surface area (Å²) in [5, 5.41) is 10.5. The largest absolute Gasteiger partial charge is 0.305 e. The molecule has 0 radical (unpaired) electrons. The van der Waals surface area contributed by atoms with Gasteiger partial charge >= 0.3 is 0 Å². The summed E-state index contributed by atoms with van der Waals surface area (Å²) in [7, 11) is 1.98. The van der Waals surface area contributed by atoms with E-state index in [1.807, 2.05) is 49.3 Å². The van der Waals surface area contributed by atoms with Crippen molar-refractivity contribution in [2.45, 2.75) is 27.2 Å². The smallest absolute Gasteiger partial charge is 0.192 e. The van der Waals surface area contributed by atoms with Crippen LogP contribution in [0.5, 0.6) is 0 Å². The van der Waals surface area contributed by atoms with Gasteiger partial charge in [-0.15, -0.1) is 0 Å². The van der Waals surface area contributed by atoms with E-state index in [-0.39, 0.29) is 0 Å². The van der Waals surface area contributed by atoms with Gasteiger partial charge < -0.3 is 4.90 Å². The number of rotatable bonds is 4. The van der Waals surface area contributed by atoms with Crippen LogP contribution >= 0.6 is 27.3 Å². The molecule has 146 valence electrons. The number of hydrogen-bond acceptors (Lipinski definition) is 5. The molecule has 0 aliphatic carbocycles. The van der Waals surface area contributed by atoms with Gasteiger partial charge in [0.1, 0.15) is 28.1 Å². The molecule has 29 heavy (non-hydrogen) atoms. The van der Waals surface area contributed by atoms with Gasteiger partial charge in [-0.25, -0.2) is 9.97 Å². The number of hydrogen-bond donors (Lipinski definition) is 0. The van der Waals surface area contributed by atoms with Crippen molar-refractivity contribution in [3.8, 4) is 17.3 Å². The molecule has 4 aromatic rings. The van der Waals surface area contributed by atoms with Crippen molar-refractivity contribution in [2.75, 3.05) is 11.9 Å². The average molecular weight is 466 g/mol. The quantitative estimate of drug-likeness (QED) is 0.368. The van der Waals surface area contributed by atoms with Crippen LogP contribution in [0.15, 0.2) is 41.0 Å². The van der Waals surface area contributed by atoms with Gasteiger partial charge in [0.15, 0.2) is 5.13 Å². The molecule has 7 heteroatoms. The minimum absolute atomic E-state index is 0.611. The highest BCUT2D eigenvalue weighted by Crippen LogP contribution is 2.37. The zero-order chi connectivity index (χ0) is 20.7. The third-order valence-electron chi connectivity index (χ3n) is 4.90. The predicted molar refractivity (Wildman–Crippen MR) is 122 cm³/mol. The lowest BCUT2D eigenvalue weighted by atomic mass is 10.1. The molecular weight excluding hydrogens is 446 g/mol. The first kappa shape index (κ1) is 19.6. The maximum absolute atomic E-state index is 9.68. The SMILES string of the molecule is CCc1nc2c(C)cc(Br)cn2c1N(C)c1nc(-c2ccc(C)cc2)c(C#N)s1. The molecule has 3 heterocycles. The van der Waals surface area contributed by atoms with Crippen LogP contribution in [0, 0.1) is 25.2 Å². The van der Waals surface area contributed by atoms with Crippen molar-refractivity contribution in [1.29, 1.82) is 5.26 Å². The second-order valence-electron chi connectivity index (χ2n) is 6.98. The van der Waals surface area contributed by atoms with E-state index in [4.69, 9.17) is 9.97 Å². The Labute approximate surface area is 182 Å². The van der Waals surface area contributed by atoms with Crippen LogP contribution in [-0.2, 0) is 6.42 Å². The van der Waals surface area contributed by atoms with Gasteiger partial charge in [0, 0.05) is 23.3 Å². The lowest BCUT2D eigenvalue weighted by molar-refractivity contribution is 1.01. The Morgan fingerprint density at radius 2 is 1.93 bits per heavy atom. The van der Waals surface area contributed by atoms with E-state index in [9.17, 15) is 5.26 Å². The number of nitriles is 1. The molecule has 4 rings (SSSR count). The number of imidazole rings is 1. The van der Waals surface area contributed by atoms with E-state index in [0.717, 1.165) is 50.0 Å². The fraction of sp³-hybridized carbons (Fsp3) is 0.227. The fourth-order valence-corrected chi connectivity index (χ4v) is 4.82. The Kier molecular flexibility index (Phi) is 5.15. The third kappa shape index (κ3) is 3.43. The molecule has 0 saturated heterocycles. The molecule has 0 amide bonds. The molecule has 0 bridgehead atoms. The van der Waals surface area contributed by atoms with E-state index in [1.54, 1.807) is 0 Å². The van der Waals surface area contributed by atoms with Crippen molar-refractivity contribution in [3.63, 3.8) is 0 Å². The standard InChI is InChI=1S/C22H20BrN5S/c1-5-17-21(28-12-16(23)10-14(3)20(28)25-17)27(4)22-26-19(18(11-24)29-22)15-8-6-13(2)7-9-15/h6-10,12H,5H2,1-4H3. The molecule has 0 fully saturated rings. The molecule has 0 spiro atoms. The van der Waals surface area contributed by atoms with Crippen molar-refractivity contribution >= 4 is 43.9 Å². The van der Waals surface area contributed by atoms with Gasteiger partial charge in [-0.3, -0.25) is 4.40 Å². The molecule has 5 nitrogen and oxygen atoms in total. The van der Waals surface area contributed by atoms with E-state index < -0.39 is 0 Å². The summed E-state index contributed by atoms with van der Waals surface area (Å²) in [6.07, 6.45) is 2.83. The second-order valence-corrected chi connectivity index (χ2v) is 8.87. The van der Waals surface area contributed by atoms with Gasteiger partial charge in [0.2, 0.25) is 0 Å². The predicted octanol–water partition coefficient (Wildman–Crippen LogP) is 6.04. The second kappa shape index (κ2) is 7.62. The highest BCUT2D eigenvalue weighted by Gasteiger charge is 2.22. The highest BCUT2D eigenvalue weighted by molar-refractivity contribution is 9.10. The van der Waals surface area contributed by atoms with Crippen molar-refractivity contribution < 1.29 is 0 Å². The number of anilines is 2. The molecule has 0 aliphatic heterocycles. The third-order valence-corrected chi connectivity index (χ3v) is 6.37. The average Bonchev–Trinajstić information content (AvgIpc) is 3.29. The first-order valence-electron chi connectivity index (χ1n) is 9.31. The number of halogens is 1. The number of thiazole rings is 1. The Hall–Kier alpha value is -2.69. The maximum Gasteiger partial charge on any atom is 0.192 e. The van der Waals surface area contributed by atoms with Crippen molar-refractivity contribution in [3.05, 3.63) is 62.7 Å². The number of benzene rings is 1. The first-order chi connectivity index (χ1) is 13.9. The Bertz CT molecular complexity index is 1250. The summed E-state index contributed by atoms with van der Waals surface area (Å²) in [6.45, 7) is 6.21. The lowest BCUT2D eigenvalue weighted by Crippen LogP contribution is -2.13. The number of fused-ring (bicyclic) bond motifs is 1. The van der Waals surface area contributed by atoms with Crippen molar-refractivity contribution in [2.24, 2.45) is 0 Å².